The molecule has 0 aromatic carbocycles. The van der Waals surface area contributed by atoms with E-state index in [-0.39, 0.29) is 11.9 Å². The van der Waals surface area contributed by atoms with Gasteiger partial charge in [-0.2, -0.15) is 0 Å². The van der Waals surface area contributed by atoms with E-state index in [2.05, 4.69) is 10.6 Å². The number of nitrogens with one attached hydrogen (secondary N) is 2. The molecule has 1 aromatic heterocycles. The van der Waals surface area contributed by atoms with Crippen molar-refractivity contribution in [2.24, 2.45) is 0 Å². The Morgan fingerprint density at radius 3 is 2.80 bits per heavy atom. The first-order valence-electron chi connectivity index (χ1n) is 5.12. The van der Waals surface area contributed by atoms with E-state index in [1.165, 1.54) is 0 Å². The van der Waals surface area contributed by atoms with E-state index in [1.54, 1.807) is 6.26 Å². The molecule has 1 heterocycles. The molecule has 0 radical (unpaired) electrons. The summed E-state index contributed by atoms with van der Waals surface area (Å²) in [5.74, 6) is 0.890. The third-order valence-electron chi connectivity index (χ3n) is 1.99. The fraction of sp³-hybridized carbons (Fsp3) is 0.545. The van der Waals surface area contributed by atoms with Crippen LogP contribution < -0.4 is 10.6 Å². The van der Waals surface area contributed by atoms with Gasteiger partial charge in [0.1, 0.15) is 5.76 Å². The Balaban J connectivity index is 2.22. The quantitative estimate of drug-likeness (QED) is 0.768. The number of aryl methyl sites for hydroxylation is 1. The summed E-state index contributed by atoms with van der Waals surface area (Å²) >= 11 is 0. The van der Waals surface area contributed by atoms with E-state index < -0.39 is 0 Å². The van der Waals surface area contributed by atoms with Crippen LogP contribution in [0.3, 0.4) is 0 Å². The smallest absolute Gasteiger partial charge is 0.234 e. The van der Waals surface area contributed by atoms with E-state index in [0.29, 0.717) is 13.1 Å². The van der Waals surface area contributed by atoms with Crippen molar-refractivity contribution in [3.63, 3.8) is 0 Å². The minimum atomic E-state index is 0.00853. The topological polar surface area (TPSA) is 54.3 Å². The summed E-state index contributed by atoms with van der Waals surface area (Å²) in [6.07, 6.45) is 1.65. The van der Waals surface area contributed by atoms with Crippen molar-refractivity contribution in [3.8, 4) is 0 Å². The normalized spacial score (nSPS) is 10.7. The molecule has 0 aliphatic rings. The van der Waals surface area contributed by atoms with Gasteiger partial charge in [-0.15, -0.1) is 0 Å². The maximum atomic E-state index is 11.3. The van der Waals surface area contributed by atoms with Crippen molar-refractivity contribution in [1.82, 2.24) is 10.6 Å². The van der Waals surface area contributed by atoms with Gasteiger partial charge in [-0.25, -0.2) is 0 Å². The van der Waals surface area contributed by atoms with E-state index in [9.17, 15) is 4.79 Å². The molecule has 1 rings (SSSR count). The van der Waals surface area contributed by atoms with E-state index >= 15 is 0 Å². The average molecular weight is 210 g/mol. The van der Waals surface area contributed by atoms with Gasteiger partial charge in [0.25, 0.3) is 0 Å². The van der Waals surface area contributed by atoms with Crippen LogP contribution in [0.4, 0.5) is 0 Å². The molecule has 0 saturated heterocycles. The zero-order chi connectivity index (χ0) is 11.3. The van der Waals surface area contributed by atoms with Crippen molar-refractivity contribution < 1.29 is 9.21 Å². The summed E-state index contributed by atoms with van der Waals surface area (Å²) in [5, 5.41) is 5.83. The first kappa shape index (κ1) is 11.8. The minimum absolute atomic E-state index is 0.00853. The zero-order valence-corrected chi connectivity index (χ0v) is 9.46. The van der Waals surface area contributed by atoms with Crippen LogP contribution in [-0.2, 0) is 11.3 Å². The van der Waals surface area contributed by atoms with Crippen molar-refractivity contribution in [1.29, 1.82) is 0 Å². The Morgan fingerprint density at radius 1 is 1.53 bits per heavy atom. The fourth-order valence-electron chi connectivity index (χ4n) is 1.25. The second-order valence-electron chi connectivity index (χ2n) is 3.85. The number of carbonyl (C=O) groups excluding carboxylic acids is 1. The first-order valence-corrected chi connectivity index (χ1v) is 5.12. The highest BCUT2D eigenvalue weighted by Gasteiger charge is 2.04. The van der Waals surface area contributed by atoms with E-state index in [4.69, 9.17) is 4.42 Å². The highest BCUT2D eigenvalue weighted by atomic mass is 16.3. The van der Waals surface area contributed by atoms with Gasteiger partial charge in [0.15, 0.2) is 0 Å². The lowest BCUT2D eigenvalue weighted by molar-refractivity contribution is -0.120. The van der Waals surface area contributed by atoms with Crippen LogP contribution in [0, 0.1) is 6.92 Å². The maximum Gasteiger partial charge on any atom is 0.234 e. The lowest BCUT2D eigenvalue weighted by Crippen LogP contribution is -2.37. The van der Waals surface area contributed by atoms with Crippen molar-refractivity contribution in [2.75, 3.05) is 6.54 Å². The molecule has 0 aliphatic heterocycles. The molecule has 0 atom stereocenters. The van der Waals surface area contributed by atoms with Crippen LogP contribution >= 0.6 is 0 Å². The van der Waals surface area contributed by atoms with Gasteiger partial charge in [0.05, 0.1) is 19.4 Å². The van der Waals surface area contributed by atoms with Gasteiger partial charge >= 0.3 is 0 Å². The Bertz CT molecular complexity index is 318. The minimum Gasteiger partial charge on any atom is -0.468 e. The summed E-state index contributed by atoms with van der Waals surface area (Å²) < 4.78 is 5.23. The first-order chi connectivity index (χ1) is 7.09. The van der Waals surface area contributed by atoms with Crippen LogP contribution in [0.25, 0.3) is 0 Å². The predicted octanol–water partition coefficient (Wildman–Crippen LogP) is 1.20. The molecule has 0 fully saturated rings. The van der Waals surface area contributed by atoms with Crippen LogP contribution in [0.5, 0.6) is 0 Å². The molecule has 0 bridgehead atoms. The molecular weight excluding hydrogens is 192 g/mol. The largest absolute Gasteiger partial charge is 0.468 e. The van der Waals surface area contributed by atoms with Crippen molar-refractivity contribution in [3.05, 3.63) is 23.7 Å². The lowest BCUT2D eigenvalue weighted by atomic mass is 10.3. The SMILES string of the molecule is Cc1ccoc1CNCC(=O)NC(C)C. The Hall–Kier alpha value is -1.29. The zero-order valence-electron chi connectivity index (χ0n) is 9.46. The summed E-state index contributed by atoms with van der Waals surface area (Å²) in [4.78, 5) is 11.3. The molecule has 4 heteroatoms. The molecule has 4 nitrogen and oxygen atoms in total. The molecule has 1 amide bonds. The number of hydrogen-bond donors (Lipinski definition) is 2. The monoisotopic (exact) mass is 210 g/mol. The molecule has 0 spiro atoms. The van der Waals surface area contributed by atoms with Crippen molar-refractivity contribution >= 4 is 5.91 Å². The predicted molar refractivity (Wildman–Crippen MR) is 58.4 cm³/mol. The number of hydrogen-bond acceptors (Lipinski definition) is 3. The molecular formula is C11H18N2O2. The third kappa shape index (κ3) is 4.16. The summed E-state index contributed by atoms with van der Waals surface area (Å²) in [7, 11) is 0. The van der Waals surface area contributed by atoms with E-state index in [0.717, 1.165) is 11.3 Å². The summed E-state index contributed by atoms with van der Waals surface area (Å²) in [6, 6.07) is 2.09. The Morgan fingerprint density at radius 2 is 2.27 bits per heavy atom. The number of amides is 1. The number of carbonyl (C=O) groups is 1. The molecule has 1 aromatic rings. The van der Waals surface area contributed by atoms with Crippen molar-refractivity contribution in [2.45, 2.75) is 33.4 Å². The van der Waals surface area contributed by atoms with E-state index in [1.807, 2.05) is 26.8 Å². The second-order valence-corrected chi connectivity index (χ2v) is 3.85. The highest BCUT2D eigenvalue weighted by molar-refractivity contribution is 5.78. The van der Waals surface area contributed by atoms with Gasteiger partial charge in [-0.1, -0.05) is 0 Å². The van der Waals surface area contributed by atoms with Crippen LogP contribution in [0.2, 0.25) is 0 Å². The fourth-order valence-corrected chi connectivity index (χ4v) is 1.25. The second kappa shape index (κ2) is 5.56. The molecule has 84 valence electrons. The lowest BCUT2D eigenvalue weighted by Gasteiger charge is -2.08. The van der Waals surface area contributed by atoms with Gasteiger partial charge in [-0.05, 0) is 32.4 Å². The Labute approximate surface area is 90.0 Å². The van der Waals surface area contributed by atoms with Gasteiger partial charge < -0.3 is 15.1 Å². The average Bonchev–Trinajstić information content (AvgIpc) is 2.50. The molecule has 0 aliphatic carbocycles. The number of rotatable bonds is 5. The number of furan rings is 1. The van der Waals surface area contributed by atoms with Crippen LogP contribution in [0.1, 0.15) is 25.2 Å². The van der Waals surface area contributed by atoms with Gasteiger partial charge in [0.2, 0.25) is 5.91 Å². The van der Waals surface area contributed by atoms with Crippen LogP contribution in [-0.4, -0.2) is 18.5 Å². The maximum absolute atomic E-state index is 11.3. The molecule has 0 saturated carbocycles. The molecule has 0 unspecified atom stereocenters. The molecule has 15 heavy (non-hydrogen) atoms. The standard InChI is InChI=1S/C11H18N2O2/c1-8(2)13-11(14)7-12-6-10-9(3)4-5-15-10/h4-5,8,12H,6-7H2,1-3H3,(H,13,14). The Kier molecular flexibility index (Phi) is 4.37. The van der Waals surface area contributed by atoms with Crippen LogP contribution in [0.15, 0.2) is 16.7 Å². The highest BCUT2D eigenvalue weighted by Crippen LogP contribution is 2.07. The summed E-state index contributed by atoms with van der Waals surface area (Å²) in [6.45, 7) is 6.76. The molecule has 2 N–H and O–H groups in total. The van der Waals surface area contributed by atoms with Gasteiger partial charge in [-0.3, -0.25) is 4.79 Å². The van der Waals surface area contributed by atoms with Gasteiger partial charge in [0, 0.05) is 6.04 Å². The summed E-state index contributed by atoms with van der Waals surface area (Å²) in [5.41, 5.74) is 1.10. The third-order valence-corrected chi connectivity index (χ3v) is 1.99.